The lowest BCUT2D eigenvalue weighted by molar-refractivity contribution is 0.259. The predicted molar refractivity (Wildman–Crippen MR) is 79.4 cm³/mol. The molecule has 2 unspecified atom stereocenters. The van der Waals surface area contributed by atoms with Gasteiger partial charge in [-0.3, -0.25) is 9.78 Å². The van der Waals surface area contributed by atoms with Gasteiger partial charge in [-0.2, -0.15) is 4.98 Å². The summed E-state index contributed by atoms with van der Waals surface area (Å²) in [5, 5.41) is 0.117. The highest BCUT2D eigenvalue weighted by molar-refractivity contribution is 6.28. The van der Waals surface area contributed by atoms with Crippen LogP contribution >= 0.6 is 11.6 Å². The summed E-state index contributed by atoms with van der Waals surface area (Å²) in [6.45, 7) is 0. The van der Waals surface area contributed by atoms with Crippen LogP contribution < -0.4 is 5.56 Å². The number of nitrogens with zero attached hydrogens (tertiary/aromatic N) is 3. The first-order chi connectivity index (χ1) is 10.1. The summed E-state index contributed by atoms with van der Waals surface area (Å²) in [6, 6.07) is 0. The van der Waals surface area contributed by atoms with E-state index in [9.17, 15) is 4.79 Å². The molecule has 0 spiro atoms. The maximum atomic E-state index is 12.2. The Hall–Kier alpha value is -1.36. The Kier molecular flexibility index (Phi) is 2.15. The van der Waals surface area contributed by atoms with Gasteiger partial charge in [-0.05, 0) is 61.5 Å². The predicted octanol–water partition coefficient (Wildman–Crippen LogP) is 2.39. The van der Waals surface area contributed by atoms with E-state index in [1.54, 1.807) is 0 Å². The summed E-state index contributed by atoms with van der Waals surface area (Å²) in [5.41, 5.74) is 1.03. The number of nitrogens with one attached hydrogen (secondary N) is 1. The average molecular weight is 305 g/mol. The van der Waals surface area contributed by atoms with Crippen molar-refractivity contribution in [2.75, 3.05) is 0 Å². The molecule has 0 aliphatic heterocycles. The molecule has 4 aliphatic rings. The third-order valence-electron chi connectivity index (χ3n) is 6.15. The lowest BCUT2D eigenvalue weighted by Crippen LogP contribution is -2.31. The minimum Gasteiger partial charge on any atom is -0.325 e. The summed E-state index contributed by atoms with van der Waals surface area (Å²) in [5.74, 6) is 3.52. The zero-order chi connectivity index (χ0) is 14.4. The van der Waals surface area contributed by atoms with Crippen molar-refractivity contribution in [3.63, 3.8) is 0 Å². The smallest absolute Gasteiger partial charge is 0.278 e. The molecule has 0 saturated heterocycles. The minimum absolute atomic E-state index is 0.117. The van der Waals surface area contributed by atoms with Crippen molar-refractivity contribution in [3.8, 4) is 0 Å². The molecular formula is C15H17ClN4O. The first-order valence-corrected chi connectivity index (χ1v) is 8.07. The number of hydrogen-bond donors (Lipinski definition) is 1. The fraction of sp³-hybridized carbons (Fsp3) is 0.667. The average Bonchev–Trinajstić information content (AvgIpc) is 2.95. The monoisotopic (exact) mass is 304 g/mol. The molecule has 2 aromatic heterocycles. The van der Waals surface area contributed by atoms with Crippen LogP contribution in [0.15, 0.2) is 4.79 Å². The highest BCUT2D eigenvalue weighted by Gasteiger charge is 2.60. The van der Waals surface area contributed by atoms with Crippen LogP contribution in [0.4, 0.5) is 0 Å². The molecule has 2 aromatic rings. The van der Waals surface area contributed by atoms with E-state index in [1.165, 1.54) is 32.1 Å². The molecule has 4 aliphatic carbocycles. The molecule has 0 amide bonds. The largest absolute Gasteiger partial charge is 0.325 e. The van der Waals surface area contributed by atoms with Crippen LogP contribution in [0, 0.1) is 17.8 Å². The van der Waals surface area contributed by atoms with Crippen LogP contribution in [0.1, 0.15) is 37.9 Å². The van der Waals surface area contributed by atoms with Gasteiger partial charge in [-0.1, -0.05) is 0 Å². The second kappa shape index (κ2) is 3.69. The van der Waals surface area contributed by atoms with Crippen LogP contribution in [0.5, 0.6) is 0 Å². The van der Waals surface area contributed by atoms with Crippen LogP contribution in [-0.2, 0) is 12.5 Å². The molecule has 0 aromatic carbocycles. The zero-order valence-electron chi connectivity index (χ0n) is 11.9. The van der Waals surface area contributed by atoms with Gasteiger partial charge in [0, 0.05) is 12.5 Å². The third kappa shape index (κ3) is 1.40. The zero-order valence-corrected chi connectivity index (χ0v) is 12.7. The Balaban J connectivity index is 1.78. The van der Waals surface area contributed by atoms with Crippen molar-refractivity contribution in [2.45, 2.75) is 37.5 Å². The molecule has 4 bridgehead atoms. The molecule has 2 atom stereocenters. The number of aromatic amines is 1. The first kappa shape index (κ1) is 12.2. The molecule has 4 saturated carbocycles. The summed E-state index contributed by atoms with van der Waals surface area (Å²) < 4.78 is 1.97. The fourth-order valence-electron chi connectivity index (χ4n) is 5.70. The van der Waals surface area contributed by atoms with Gasteiger partial charge in [0.25, 0.3) is 5.56 Å². The Bertz CT molecular complexity index is 809. The van der Waals surface area contributed by atoms with E-state index in [0.717, 1.165) is 23.6 Å². The van der Waals surface area contributed by atoms with E-state index in [2.05, 4.69) is 9.97 Å². The molecule has 1 N–H and O–H groups in total. The van der Waals surface area contributed by atoms with Crippen LogP contribution in [0.2, 0.25) is 5.28 Å². The normalized spacial score (nSPS) is 37.0. The molecular weight excluding hydrogens is 288 g/mol. The topological polar surface area (TPSA) is 63.6 Å². The van der Waals surface area contributed by atoms with Gasteiger partial charge in [-0.25, -0.2) is 4.98 Å². The van der Waals surface area contributed by atoms with Crippen molar-refractivity contribution in [1.82, 2.24) is 19.5 Å². The quantitative estimate of drug-likeness (QED) is 0.823. The van der Waals surface area contributed by atoms with Crippen LogP contribution in [-0.4, -0.2) is 19.5 Å². The van der Waals surface area contributed by atoms with Gasteiger partial charge in [0.15, 0.2) is 11.2 Å². The van der Waals surface area contributed by atoms with E-state index in [-0.39, 0.29) is 16.3 Å². The maximum Gasteiger partial charge on any atom is 0.278 e. The van der Waals surface area contributed by atoms with Gasteiger partial charge in [-0.15, -0.1) is 0 Å². The first-order valence-electron chi connectivity index (χ1n) is 7.69. The van der Waals surface area contributed by atoms with Gasteiger partial charge in [0.2, 0.25) is 5.28 Å². The molecule has 4 fully saturated rings. The maximum absolute atomic E-state index is 12.2. The SMILES string of the molecule is Cn1c(C23CC4CC(CC2C4)C3)nc2nc(Cl)[nH]c(=O)c21. The van der Waals surface area contributed by atoms with Gasteiger partial charge in [0.05, 0.1) is 0 Å². The number of H-pyrrole nitrogens is 1. The third-order valence-corrected chi connectivity index (χ3v) is 6.33. The molecule has 2 heterocycles. The number of rotatable bonds is 1. The fourth-order valence-corrected chi connectivity index (χ4v) is 5.86. The van der Waals surface area contributed by atoms with Crippen molar-refractivity contribution < 1.29 is 0 Å². The number of aromatic nitrogens is 4. The van der Waals surface area contributed by atoms with Crippen molar-refractivity contribution >= 4 is 22.8 Å². The van der Waals surface area contributed by atoms with Crippen molar-refractivity contribution in [1.29, 1.82) is 0 Å². The van der Waals surface area contributed by atoms with Gasteiger partial charge in [0.1, 0.15) is 5.82 Å². The van der Waals surface area contributed by atoms with E-state index in [1.807, 2.05) is 11.6 Å². The molecule has 110 valence electrons. The summed E-state index contributed by atoms with van der Waals surface area (Å²) in [7, 11) is 1.95. The van der Waals surface area contributed by atoms with Crippen molar-refractivity contribution in [2.24, 2.45) is 24.8 Å². The number of fused-ring (bicyclic) bond motifs is 1. The number of aryl methyl sites for hydroxylation is 1. The van der Waals surface area contributed by atoms with Gasteiger partial charge >= 0.3 is 0 Å². The molecule has 6 rings (SSSR count). The minimum atomic E-state index is -0.194. The Labute approximate surface area is 126 Å². The van der Waals surface area contributed by atoms with Gasteiger partial charge < -0.3 is 4.57 Å². The van der Waals surface area contributed by atoms with Crippen molar-refractivity contribution in [3.05, 3.63) is 21.5 Å². The van der Waals surface area contributed by atoms with E-state index in [4.69, 9.17) is 16.6 Å². The molecule has 5 nitrogen and oxygen atoms in total. The second-order valence-electron chi connectivity index (χ2n) is 7.22. The lowest BCUT2D eigenvalue weighted by atomic mass is 9.75. The molecule has 0 radical (unpaired) electrons. The Morgan fingerprint density at radius 3 is 2.67 bits per heavy atom. The summed E-state index contributed by atoms with van der Waals surface area (Å²) >= 11 is 5.87. The molecule has 21 heavy (non-hydrogen) atoms. The van der Waals surface area contributed by atoms with Crippen LogP contribution in [0.25, 0.3) is 11.2 Å². The summed E-state index contributed by atoms with van der Waals surface area (Å²) in [4.78, 5) is 23.7. The number of imidazole rings is 1. The van der Waals surface area contributed by atoms with E-state index in [0.29, 0.717) is 11.2 Å². The lowest BCUT2D eigenvalue weighted by Gasteiger charge is -2.32. The standard InChI is InChI=1S/C15H17ClN4O/c1-20-10-11(18-14(16)19-12(10)21)17-13(20)15-5-7-2-8(6-15)4-9(15)3-7/h7-9H,2-6H2,1H3,(H,18,19,21). The number of halogens is 1. The highest BCUT2D eigenvalue weighted by atomic mass is 35.5. The van der Waals surface area contributed by atoms with Crippen LogP contribution in [0.3, 0.4) is 0 Å². The Morgan fingerprint density at radius 1 is 1.24 bits per heavy atom. The second-order valence-corrected chi connectivity index (χ2v) is 7.58. The molecule has 6 heteroatoms. The van der Waals surface area contributed by atoms with E-state index >= 15 is 0 Å². The number of hydrogen-bond acceptors (Lipinski definition) is 3. The van der Waals surface area contributed by atoms with E-state index < -0.39 is 0 Å². The summed E-state index contributed by atoms with van der Waals surface area (Å²) in [6.07, 6.45) is 6.54. The Morgan fingerprint density at radius 2 is 1.95 bits per heavy atom. The highest BCUT2D eigenvalue weighted by Crippen LogP contribution is 2.65.